The second-order valence-electron chi connectivity index (χ2n) is 9.65. The van der Waals surface area contributed by atoms with Crippen LogP contribution < -0.4 is 30.7 Å². The summed E-state index contributed by atoms with van der Waals surface area (Å²) in [6, 6.07) is 9.56. The van der Waals surface area contributed by atoms with Crippen molar-refractivity contribution in [3.05, 3.63) is 60.2 Å². The Bertz CT molecular complexity index is 1290. The molecular weight excluding hydrogens is 498 g/mol. The first kappa shape index (κ1) is 25.3. The van der Waals surface area contributed by atoms with Crippen LogP contribution in [0.15, 0.2) is 48.9 Å². The van der Waals surface area contributed by atoms with Crippen LogP contribution >= 0.6 is 0 Å². The highest BCUT2D eigenvalue weighted by Gasteiger charge is 2.23. The number of ether oxygens (including phenoxy) is 2. The predicted molar refractivity (Wildman–Crippen MR) is 148 cm³/mol. The molecule has 2 saturated heterocycles. The standard InChI is InChI=1S/C27H33N9O3/c37-26(31-24-18-29-5-4-25(24)35-9-7-28-8-10-35)22-3-6-30-27(32-22)36-19-20-1-2-21(17-23(20)33-36)39-16-13-34-11-14-38-15-12-34/h1-6,17-18,28,33H,7-16,19H2,(H,31,37). The van der Waals surface area contributed by atoms with Crippen molar-refractivity contribution in [1.82, 2.24) is 25.2 Å². The van der Waals surface area contributed by atoms with Crippen LogP contribution in [0, 0.1) is 0 Å². The van der Waals surface area contributed by atoms with Gasteiger partial charge in [0.1, 0.15) is 18.1 Å². The number of piperazine rings is 1. The monoisotopic (exact) mass is 531 g/mol. The maximum Gasteiger partial charge on any atom is 0.274 e. The minimum atomic E-state index is -0.310. The molecule has 12 nitrogen and oxygen atoms in total. The Kier molecular flexibility index (Phi) is 7.66. The van der Waals surface area contributed by atoms with Crippen molar-refractivity contribution >= 4 is 28.9 Å². The number of benzene rings is 1. The molecule has 0 spiro atoms. The zero-order valence-electron chi connectivity index (χ0n) is 21.8. The Balaban J connectivity index is 1.08. The summed E-state index contributed by atoms with van der Waals surface area (Å²) in [4.78, 5) is 30.9. The van der Waals surface area contributed by atoms with E-state index in [0.29, 0.717) is 24.8 Å². The van der Waals surface area contributed by atoms with E-state index in [2.05, 4.69) is 40.8 Å². The minimum Gasteiger partial charge on any atom is -0.492 e. The first-order valence-electron chi connectivity index (χ1n) is 13.4. The van der Waals surface area contributed by atoms with E-state index in [4.69, 9.17) is 9.47 Å². The molecule has 0 radical (unpaired) electrons. The van der Waals surface area contributed by atoms with Gasteiger partial charge in [0.2, 0.25) is 5.95 Å². The van der Waals surface area contributed by atoms with Gasteiger partial charge < -0.3 is 25.0 Å². The summed E-state index contributed by atoms with van der Waals surface area (Å²) in [5.74, 6) is 0.917. The lowest BCUT2D eigenvalue weighted by atomic mass is 10.2. The average molecular weight is 532 g/mol. The smallest absolute Gasteiger partial charge is 0.274 e. The number of aromatic nitrogens is 3. The predicted octanol–water partition coefficient (Wildman–Crippen LogP) is 1.59. The van der Waals surface area contributed by atoms with Gasteiger partial charge in [0, 0.05) is 64.3 Å². The molecule has 0 saturated carbocycles. The van der Waals surface area contributed by atoms with Crippen LogP contribution in [0.2, 0.25) is 0 Å². The SMILES string of the molecule is O=C(Nc1cnccc1N1CCNCC1)c1ccnc(N2Cc3ccc(OCCN4CCOCC4)cc3N2)n1. The molecular formula is C27H33N9O3. The molecule has 204 valence electrons. The molecule has 12 heteroatoms. The number of hydrogen-bond donors (Lipinski definition) is 3. The summed E-state index contributed by atoms with van der Waals surface area (Å²) >= 11 is 0. The molecule has 6 rings (SSSR count). The van der Waals surface area contributed by atoms with Gasteiger partial charge in [-0.3, -0.25) is 20.1 Å². The number of hydrogen-bond acceptors (Lipinski definition) is 11. The van der Waals surface area contributed by atoms with Crippen molar-refractivity contribution in [2.24, 2.45) is 0 Å². The maximum absolute atomic E-state index is 13.2. The number of pyridine rings is 1. The summed E-state index contributed by atoms with van der Waals surface area (Å²) in [7, 11) is 0. The van der Waals surface area contributed by atoms with Gasteiger partial charge in [-0.2, -0.15) is 0 Å². The molecule has 5 heterocycles. The van der Waals surface area contributed by atoms with E-state index in [1.807, 2.05) is 29.3 Å². The van der Waals surface area contributed by atoms with Crippen LogP contribution in [0.25, 0.3) is 0 Å². The molecule has 2 fully saturated rings. The summed E-state index contributed by atoms with van der Waals surface area (Å²) in [6.45, 7) is 9.06. The Hall–Kier alpha value is -4.00. The van der Waals surface area contributed by atoms with E-state index in [9.17, 15) is 4.79 Å². The fourth-order valence-electron chi connectivity index (χ4n) is 4.94. The second kappa shape index (κ2) is 11.8. The maximum atomic E-state index is 13.2. The number of amides is 1. The Morgan fingerprint density at radius 2 is 1.95 bits per heavy atom. The van der Waals surface area contributed by atoms with Crippen molar-refractivity contribution in [2.75, 3.05) is 86.3 Å². The van der Waals surface area contributed by atoms with Crippen LogP contribution in [0.4, 0.5) is 23.0 Å². The number of fused-ring (bicyclic) bond motifs is 1. The Morgan fingerprint density at radius 3 is 2.82 bits per heavy atom. The van der Waals surface area contributed by atoms with Gasteiger partial charge in [-0.1, -0.05) is 6.07 Å². The molecule has 0 atom stereocenters. The third kappa shape index (κ3) is 6.03. The molecule has 39 heavy (non-hydrogen) atoms. The number of nitrogens with one attached hydrogen (secondary N) is 3. The molecule has 1 aromatic carbocycles. The Morgan fingerprint density at radius 1 is 1.08 bits per heavy atom. The van der Waals surface area contributed by atoms with E-state index in [1.54, 1.807) is 24.7 Å². The van der Waals surface area contributed by atoms with Gasteiger partial charge in [0.05, 0.1) is 43.0 Å². The molecule has 3 N–H and O–H groups in total. The highest BCUT2D eigenvalue weighted by molar-refractivity contribution is 6.04. The summed E-state index contributed by atoms with van der Waals surface area (Å²) in [5.41, 5.74) is 7.28. The topological polar surface area (TPSA) is 120 Å². The van der Waals surface area contributed by atoms with E-state index < -0.39 is 0 Å². The quantitative estimate of drug-likeness (QED) is 0.393. The van der Waals surface area contributed by atoms with E-state index in [-0.39, 0.29) is 11.6 Å². The van der Waals surface area contributed by atoms with Crippen molar-refractivity contribution in [2.45, 2.75) is 6.54 Å². The fraction of sp³-hybridized carbons (Fsp3) is 0.407. The molecule has 1 amide bonds. The first-order chi connectivity index (χ1) is 19.2. The van der Waals surface area contributed by atoms with Gasteiger partial charge in [0.15, 0.2) is 0 Å². The van der Waals surface area contributed by atoms with Crippen LogP contribution in [0.5, 0.6) is 5.75 Å². The van der Waals surface area contributed by atoms with Crippen LogP contribution in [-0.2, 0) is 11.3 Å². The van der Waals surface area contributed by atoms with E-state index >= 15 is 0 Å². The lowest BCUT2D eigenvalue weighted by molar-refractivity contribution is 0.0322. The van der Waals surface area contributed by atoms with E-state index in [0.717, 1.165) is 81.7 Å². The number of rotatable bonds is 8. The van der Waals surface area contributed by atoms with Crippen LogP contribution in [0.3, 0.4) is 0 Å². The zero-order chi connectivity index (χ0) is 26.4. The number of morpholine rings is 1. The molecule has 0 bridgehead atoms. The lowest BCUT2D eigenvalue weighted by Gasteiger charge is -2.30. The average Bonchev–Trinajstić information content (AvgIpc) is 3.42. The van der Waals surface area contributed by atoms with Crippen molar-refractivity contribution in [1.29, 1.82) is 0 Å². The first-order valence-corrected chi connectivity index (χ1v) is 13.4. The van der Waals surface area contributed by atoms with Gasteiger partial charge in [0.25, 0.3) is 5.91 Å². The lowest BCUT2D eigenvalue weighted by Crippen LogP contribution is -2.43. The van der Waals surface area contributed by atoms with E-state index in [1.165, 1.54) is 0 Å². The molecule has 2 aromatic heterocycles. The van der Waals surface area contributed by atoms with Crippen LogP contribution in [0.1, 0.15) is 16.1 Å². The largest absolute Gasteiger partial charge is 0.492 e. The van der Waals surface area contributed by atoms with Crippen LogP contribution in [-0.4, -0.2) is 91.4 Å². The molecule has 3 aliphatic rings. The number of carbonyl (C=O) groups is 1. The summed E-state index contributed by atoms with van der Waals surface area (Å²) in [5, 5.41) is 8.17. The normalized spacial score (nSPS) is 17.4. The fourth-order valence-corrected chi connectivity index (χ4v) is 4.94. The zero-order valence-corrected chi connectivity index (χ0v) is 21.8. The Labute approximate surface area is 227 Å². The second-order valence-corrected chi connectivity index (χ2v) is 9.65. The number of nitrogens with zero attached hydrogens (tertiary/aromatic N) is 6. The molecule has 3 aromatic rings. The molecule has 0 aliphatic carbocycles. The van der Waals surface area contributed by atoms with Gasteiger partial charge in [-0.25, -0.2) is 15.0 Å². The number of hydrazine groups is 1. The summed E-state index contributed by atoms with van der Waals surface area (Å²) < 4.78 is 11.4. The van der Waals surface area contributed by atoms with Gasteiger partial charge in [-0.05, 0) is 23.8 Å². The van der Waals surface area contributed by atoms with Crippen molar-refractivity contribution in [3.63, 3.8) is 0 Å². The third-order valence-electron chi connectivity index (χ3n) is 7.07. The minimum absolute atomic E-state index is 0.278. The highest BCUT2D eigenvalue weighted by atomic mass is 16.5. The number of carbonyl (C=O) groups excluding carboxylic acids is 1. The summed E-state index contributed by atoms with van der Waals surface area (Å²) in [6.07, 6.45) is 5.02. The highest BCUT2D eigenvalue weighted by Crippen LogP contribution is 2.31. The number of anilines is 4. The van der Waals surface area contributed by atoms with Gasteiger partial charge >= 0.3 is 0 Å². The third-order valence-corrected chi connectivity index (χ3v) is 7.07. The van der Waals surface area contributed by atoms with Gasteiger partial charge in [-0.15, -0.1) is 0 Å². The molecule has 0 unspecified atom stereocenters. The molecule has 3 aliphatic heterocycles. The van der Waals surface area contributed by atoms with Crippen molar-refractivity contribution in [3.8, 4) is 5.75 Å². The van der Waals surface area contributed by atoms with Crippen molar-refractivity contribution < 1.29 is 14.3 Å².